The fourth-order valence-electron chi connectivity index (χ4n) is 2.11. The highest BCUT2D eigenvalue weighted by Crippen LogP contribution is 2.13. The van der Waals surface area contributed by atoms with Crippen molar-refractivity contribution in [3.05, 3.63) is 69.8 Å². The Morgan fingerprint density at radius 2 is 1.85 bits per heavy atom. The van der Waals surface area contributed by atoms with Gasteiger partial charge in [-0.2, -0.15) is 5.10 Å². The van der Waals surface area contributed by atoms with Crippen LogP contribution >= 0.6 is 0 Å². The predicted octanol–water partition coefficient (Wildman–Crippen LogP) is 2.77. The Bertz CT molecular complexity index is 849. The van der Waals surface area contributed by atoms with Crippen molar-refractivity contribution in [1.29, 1.82) is 0 Å². The third kappa shape index (κ3) is 5.82. The zero-order chi connectivity index (χ0) is 18.9. The molecule has 26 heavy (non-hydrogen) atoms. The van der Waals surface area contributed by atoms with Gasteiger partial charge in [0.05, 0.1) is 11.1 Å². The Kier molecular flexibility index (Phi) is 6.55. The molecule has 2 aromatic rings. The molecule has 0 spiro atoms. The maximum Gasteiger partial charge on any atom is 0.270 e. The van der Waals surface area contributed by atoms with E-state index in [4.69, 9.17) is 0 Å². The van der Waals surface area contributed by atoms with E-state index in [0.717, 1.165) is 5.56 Å². The molecule has 8 heteroatoms. The fourth-order valence-corrected chi connectivity index (χ4v) is 2.11. The number of anilines is 1. The summed E-state index contributed by atoms with van der Waals surface area (Å²) < 4.78 is 0. The standard InChI is InChI=1S/C18H18N4O4/c1-13-5-2-3-8-16(13)20-17(23)9-10-18(24)21-19-12-14-6-4-7-15(11-14)22(25)26/h2-8,11-12H,9-10H2,1H3,(H,20,23)(H,21,24). The molecule has 2 aromatic carbocycles. The predicted molar refractivity (Wildman–Crippen MR) is 97.9 cm³/mol. The van der Waals surface area contributed by atoms with Crippen LogP contribution in [0.3, 0.4) is 0 Å². The van der Waals surface area contributed by atoms with Gasteiger partial charge in [0, 0.05) is 36.2 Å². The van der Waals surface area contributed by atoms with Crippen molar-refractivity contribution >= 4 is 29.4 Å². The molecule has 2 N–H and O–H groups in total. The van der Waals surface area contributed by atoms with E-state index >= 15 is 0 Å². The number of nitrogens with one attached hydrogen (secondary N) is 2. The number of hydrogen-bond donors (Lipinski definition) is 2. The molecule has 0 aliphatic rings. The minimum Gasteiger partial charge on any atom is -0.326 e. The van der Waals surface area contributed by atoms with Crippen LogP contribution in [-0.2, 0) is 9.59 Å². The van der Waals surface area contributed by atoms with Crippen LogP contribution in [0, 0.1) is 17.0 Å². The average Bonchev–Trinajstić information content (AvgIpc) is 2.62. The second-order valence-corrected chi connectivity index (χ2v) is 5.51. The maximum atomic E-state index is 11.9. The van der Waals surface area contributed by atoms with Gasteiger partial charge in [-0.05, 0) is 18.6 Å². The molecule has 0 aromatic heterocycles. The Morgan fingerprint density at radius 3 is 2.58 bits per heavy atom. The Hall–Kier alpha value is -3.55. The quantitative estimate of drug-likeness (QED) is 0.452. The summed E-state index contributed by atoms with van der Waals surface area (Å²) in [5.41, 5.74) is 4.36. The molecule has 8 nitrogen and oxygen atoms in total. The Morgan fingerprint density at radius 1 is 1.12 bits per heavy atom. The molecular formula is C18H18N4O4. The van der Waals surface area contributed by atoms with E-state index in [1.807, 2.05) is 25.1 Å². The molecule has 0 fully saturated rings. The number of hydrazone groups is 1. The number of non-ortho nitro benzene ring substituents is 1. The number of hydrogen-bond acceptors (Lipinski definition) is 5. The highest BCUT2D eigenvalue weighted by molar-refractivity contribution is 5.94. The number of nitro benzene ring substituents is 1. The minimum atomic E-state index is -0.511. The van der Waals surface area contributed by atoms with E-state index in [-0.39, 0.29) is 24.4 Å². The van der Waals surface area contributed by atoms with Crippen molar-refractivity contribution in [3.63, 3.8) is 0 Å². The topological polar surface area (TPSA) is 114 Å². The van der Waals surface area contributed by atoms with Crippen molar-refractivity contribution in [2.24, 2.45) is 5.10 Å². The molecule has 0 radical (unpaired) electrons. The molecule has 0 saturated heterocycles. The first-order valence-corrected chi connectivity index (χ1v) is 7.87. The van der Waals surface area contributed by atoms with Crippen molar-refractivity contribution in [3.8, 4) is 0 Å². The van der Waals surface area contributed by atoms with E-state index in [1.165, 1.54) is 24.4 Å². The third-order valence-corrected chi connectivity index (χ3v) is 3.48. The summed E-state index contributed by atoms with van der Waals surface area (Å²) in [5, 5.41) is 17.2. The summed E-state index contributed by atoms with van der Waals surface area (Å²) in [5.74, 6) is -0.691. The minimum absolute atomic E-state index is 0.0203. The maximum absolute atomic E-state index is 11.9. The van der Waals surface area contributed by atoms with Crippen LogP contribution in [0.2, 0.25) is 0 Å². The van der Waals surface area contributed by atoms with Gasteiger partial charge in [0.1, 0.15) is 0 Å². The van der Waals surface area contributed by atoms with E-state index in [1.54, 1.807) is 12.1 Å². The highest BCUT2D eigenvalue weighted by atomic mass is 16.6. The summed E-state index contributed by atoms with van der Waals surface area (Å²) >= 11 is 0. The largest absolute Gasteiger partial charge is 0.326 e. The van der Waals surface area contributed by atoms with Gasteiger partial charge in [-0.15, -0.1) is 0 Å². The van der Waals surface area contributed by atoms with Gasteiger partial charge >= 0.3 is 0 Å². The van der Waals surface area contributed by atoms with Gasteiger partial charge in [-0.3, -0.25) is 19.7 Å². The number of benzene rings is 2. The van der Waals surface area contributed by atoms with Crippen LogP contribution in [-0.4, -0.2) is 23.0 Å². The van der Waals surface area contributed by atoms with Crippen LogP contribution in [0.4, 0.5) is 11.4 Å². The molecule has 0 bridgehead atoms. The fraction of sp³-hybridized carbons (Fsp3) is 0.167. The second kappa shape index (κ2) is 9.07. The molecule has 134 valence electrons. The zero-order valence-electron chi connectivity index (χ0n) is 14.1. The van der Waals surface area contributed by atoms with Crippen molar-refractivity contribution in [2.45, 2.75) is 19.8 Å². The monoisotopic (exact) mass is 354 g/mol. The summed E-state index contributed by atoms with van der Waals surface area (Å²) in [4.78, 5) is 33.8. The average molecular weight is 354 g/mol. The van der Waals surface area contributed by atoms with Gasteiger partial charge < -0.3 is 5.32 Å². The Labute approximate surface area is 150 Å². The van der Waals surface area contributed by atoms with Gasteiger partial charge in [0.15, 0.2) is 0 Å². The van der Waals surface area contributed by atoms with Crippen LogP contribution in [0.5, 0.6) is 0 Å². The van der Waals surface area contributed by atoms with Crippen molar-refractivity contribution in [2.75, 3.05) is 5.32 Å². The molecule has 2 amide bonds. The van der Waals surface area contributed by atoms with Gasteiger partial charge in [-0.1, -0.05) is 30.3 Å². The molecule has 0 heterocycles. The number of rotatable bonds is 7. The number of carbonyl (C=O) groups is 2. The van der Waals surface area contributed by atoms with Crippen molar-refractivity contribution in [1.82, 2.24) is 5.43 Å². The summed E-state index contributed by atoms with van der Waals surface area (Å²) in [6, 6.07) is 13.2. The summed E-state index contributed by atoms with van der Waals surface area (Å²) in [6.07, 6.45) is 1.30. The number of aryl methyl sites for hydroxylation is 1. The summed E-state index contributed by atoms with van der Waals surface area (Å²) in [7, 11) is 0. The lowest BCUT2D eigenvalue weighted by Crippen LogP contribution is -2.20. The number of para-hydroxylation sites is 1. The lowest BCUT2D eigenvalue weighted by Gasteiger charge is -2.07. The first-order valence-electron chi connectivity index (χ1n) is 7.87. The van der Waals surface area contributed by atoms with Crippen LogP contribution in [0.15, 0.2) is 53.6 Å². The smallest absolute Gasteiger partial charge is 0.270 e. The Balaban J connectivity index is 1.78. The van der Waals surface area contributed by atoms with E-state index in [2.05, 4.69) is 15.8 Å². The molecule has 0 aliphatic heterocycles. The van der Waals surface area contributed by atoms with Crippen LogP contribution in [0.1, 0.15) is 24.0 Å². The first-order chi connectivity index (χ1) is 12.5. The molecule has 0 aliphatic carbocycles. The molecule has 0 saturated carbocycles. The van der Waals surface area contributed by atoms with E-state index < -0.39 is 10.8 Å². The third-order valence-electron chi connectivity index (χ3n) is 3.48. The van der Waals surface area contributed by atoms with Gasteiger partial charge in [0.2, 0.25) is 11.8 Å². The number of nitro groups is 1. The molecule has 0 unspecified atom stereocenters. The number of carbonyl (C=O) groups excluding carboxylic acids is 2. The van der Waals surface area contributed by atoms with Crippen LogP contribution < -0.4 is 10.7 Å². The van der Waals surface area contributed by atoms with Crippen molar-refractivity contribution < 1.29 is 14.5 Å². The number of amides is 2. The second-order valence-electron chi connectivity index (χ2n) is 5.51. The van der Waals surface area contributed by atoms with E-state index in [9.17, 15) is 19.7 Å². The molecular weight excluding hydrogens is 336 g/mol. The zero-order valence-corrected chi connectivity index (χ0v) is 14.1. The number of nitrogens with zero attached hydrogens (tertiary/aromatic N) is 2. The first kappa shape index (κ1) is 18.8. The van der Waals surface area contributed by atoms with Gasteiger partial charge in [0.25, 0.3) is 5.69 Å². The molecule has 0 atom stereocenters. The normalized spacial score (nSPS) is 10.5. The SMILES string of the molecule is Cc1ccccc1NC(=O)CCC(=O)NN=Cc1cccc([N+](=O)[O-])c1. The molecule has 2 rings (SSSR count). The summed E-state index contributed by atoms with van der Waals surface area (Å²) in [6.45, 7) is 1.88. The lowest BCUT2D eigenvalue weighted by molar-refractivity contribution is -0.384. The lowest BCUT2D eigenvalue weighted by atomic mass is 10.2. The highest BCUT2D eigenvalue weighted by Gasteiger charge is 2.08. The van der Waals surface area contributed by atoms with E-state index in [0.29, 0.717) is 11.3 Å². The van der Waals surface area contributed by atoms with Gasteiger partial charge in [-0.25, -0.2) is 5.43 Å². The van der Waals surface area contributed by atoms with Crippen LogP contribution in [0.25, 0.3) is 0 Å².